The van der Waals surface area contributed by atoms with Gasteiger partial charge in [-0.05, 0) is 88.0 Å². The molecule has 1 aliphatic heterocycles. The van der Waals surface area contributed by atoms with Crippen molar-refractivity contribution in [3.8, 4) is 90.4 Å². The van der Waals surface area contributed by atoms with Gasteiger partial charge in [0.1, 0.15) is 0 Å². The second-order valence-electron chi connectivity index (χ2n) is 14.1. The molecule has 2 aliphatic rings. The predicted octanol–water partition coefficient (Wildman–Crippen LogP) is 12.4. The highest BCUT2D eigenvalue weighted by atomic mass is 16.6. The van der Waals surface area contributed by atoms with Crippen molar-refractivity contribution in [3.63, 3.8) is 0 Å². The SMILES string of the molecule is CC1(C)c2ccccc2-c2cc3c(cc21)Oc1ccc(-c2cccc(-c4cc(-c5ccccc5)nc(-c5cccc(-c6ccccn6)c5)n4)c2)cc1O3. The van der Waals surface area contributed by atoms with Crippen LogP contribution in [0.5, 0.6) is 23.0 Å². The summed E-state index contributed by atoms with van der Waals surface area (Å²) in [5, 5.41) is 0. The molecule has 0 atom stereocenters. The molecule has 0 bridgehead atoms. The Labute approximate surface area is 308 Å². The molecule has 2 aromatic heterocycles. The molecule has 0 amide bonds. The van der Waals surface area contributed by atoms with Crippen molar-refractivity contribution < 1.29 is 9.47 Å². The van der Waals surface area contributed by atoms with Crippen molar-refractivity contribution in [2.75, 3.05) is 0 Å². The van der Waals surface area contributed by atoms with E-state index < -0.39 is 0 Å². The number of benzene rings is 6. The van der Waals surface area contributed by atoms with Crippen LogP contribution in [0.4, 0.5) is 0 Å². The van der Waals surface area contributed by atoms with Crippen molar-refractivity contribution in [3.05, 3.63) is 175 Å². The molecule has 0 saturated carbocycles. The van der Waals surface area contributed by atoms with Gasteiger partial charge in [0.15, 0.2) is 28.8 Å². The molecule has 10 rings (SSSR count). The maximum absolute atomic E-state index is 6.58. The summed E-state index contributed by atoms with van der Waals surface area (Å²) in [7, 11) is 0. The van der Waals surface area contributed by atoms with E-state index in [2.05, 4.69) is 128 Å². The van der Waals surface area contributed by atoms with E-state index in [1.54, 1.807) is 0 Å². The van der Waals surface area contributed by atoms with Gasteiger partial charge in [-0.3, -0.25) is 4.98 Å². The van der Waals surface area contributed by atoms with Crippen LogP contribution in [-0.2, 0) is 5.41 Å². The number of rotatable bonds is 5. The van der Waals surface area contributed by atoms with Crippen LogP contribution in [0.15, 0.2) is 164 Å². The van der Waals surface area contributed by atoms with Gasteiger partial charge in [-0.1, -0.05) is 117 Å². The fourth-order valence-corrected chi connectivity index (χ4v) is 7.65. The molecular weight excluding hydrogens is 651 g/mol. The zero-order chi connectivity index (χ0) is 35.5. The van der Waals surface area contributed by atoms with Gasteiger partial charge < -0.3 is 9.47 Å². The molecule has 1 aliphatic carbocycles. The monoisotopic (exact) mass is 683 g/mol. The third kappa shape index (κ3) is 5.37. The highest BCUT2D eigenvalue weighted by Crippen LogP contribution is 2.55. The zero-order valence-electron chi connectivity index (χ0n) is 29.2. The number of hydrogen-bond acceptors (Lipinski definition) is 5. The Morgan fingerprint density at radius 2 is 1.02 bits per heavy atom. The predicted molar refractivity (Wildman–Crippen MR) is 211 cm³/mol. The lowest BCUT2D eigenvalue weighted by atomic mass is 9.82. The molecule has 0 unspecified atom stereocenters. The van der Waals surface area contributed by atoms with E-state index in [1.807, 2.05) is 54.7 Å². The summed E-state index contributed by atoms with van der Waals surface area (Å²) < 4.78 is 13.1. The quantitative estimate of drug-likeness (QED) is 0.181. The van der Waals surface area contributed by atoms with Crippen LogP contribution in [0.3, 0.4) is 0 Å². The Hall–Kier alpha value is -6.85. The average molecular weight is 684 g/mol. The number of pyridine rings is 1. The van der Waals surface area contributed by atoms with E-state index in [-0.39, 0.29) is 5.41 Å². The first-order valence-electron chi connectivity index (χ1n) is 17.8. The first-order valence-corrected chi connectivity index (χ1v) is 17.8. The summed E-state index contributed by atoms with van der Waals surface area (Å²) in [6.07, 6.45) is 1.81. The summed E-state index contributed by atoms with van der Waals surface area (Å²) in [5.41, 5.74) is 13.5. The minimum absolute atomic E-state index is 0.116. The van der Waals surface area contributed by atoms with Crippen LogP contribution in [0, 0.1) is 0 Å². The van der Waals surface area contributed by atoms with Gasteiger partial charge in [-0.2, -0.15) is 0 Å². The van der Waals surface area contributed by atoms with E-state index in [1.165, 1.54) is 22.3 Å². The summed E-state index contributed by atoms with van der Waals surface area (Å²) in [5.74, 6) is 3.51. The maximum Gasteiger partial charge on any atom is 0.170 e. The molecule has 0 fully saturated rings. The van der Waals surface area contributed by atoms with Crippen molar-refractivity contribution >= 4 is 0 Å². The first kappa shape index (κ1) is 30.9. The molecule has 8 aromatic rings. The van der Waals surface area contributed by atoms with Gasteiger partial charge in [-0.25, -0.2) is 9.97 Å². The maximum atomic E-state index is 6.58. The van der Waals surface area contributed by atoms with Crippen LogP contribution in [0.25, 0.3) is 67.4 Å². The van der Waals surface area contributed by atoms with Crippen LogP contribution in [0.2, 0.25) is 0 Å². The lowest BCUT2D eigenvalue weighted by Crippen LogP contribution is -2.15. The summed E-state index contributed by atoms with van der Waals surface area (Å²) in [4.78, 5) is 14.8. The fourth-order valence-electron chi connectivity index (χ4n) is 7.65. The summed E-state index contributed by atoms with van der Waals surface area (Å²) in [6, 6.07) is 54.0. The van der Waals surface area contributed by atoms with Crippen molar-refractivity contribution in [1.29, 1.82) is 0 Å². The van der Waals surface area contributed by atoms with E-state index in [0.717, 1.165) is 62.0 Å². The van der Waals surface area contributed by atoms with Gasteiger partial charge in [0, 0.05) is 33.9 Å². The smallest absolute Gasteiger partial charge is 0.170 e. The molecular formula is C48H33N3O2. The minimum atomic E-state index is -0.116. The average Bonchev–Trinajstić information content (AvgIpc) is 3.44. The van der Waals surface area contributed by atoms with Crippen molar-refractivity contribution in [2.24, 2.45) is 0 Å². The largest absolute Gasteiger partial charge is 0.450 e. The number of hydrogen-bond donors (Lipinski definition) is 0. The summed E-state index contributed by atoms with van der Waals surface area (Å²) in [6.45, 7) is 4.54. The highest BCUT2D eigenvalue weighted by Gasteiger charge is 2.37. The van der Waals surface area contributed by atoms with E-state index in [4.69, 9.17) is 19.4 Å². The van der Waals surface area contributed by atoms with Crippen molar-refractivity contribution in [1.82, 2.24) is 15.0 Å². The van der Waals surface area contributed by atoms with E-state index in [9.17, 15) is 0 Å². The standard InChI is InChI=1S/C48H33N3O2/c1-48(2)38-19-7-6-18-36(38)37-27-45-46(28-39(37)48)52-43-22-21-32(26-44(43)53-45)31-14-10-16-34(24-31)42-29-41(30-12-4-3-5-13-30)50-47(51-42)35-17-11-15-33(25-35)40-20-8-9-23-49-40/h3-29H,1-2H3. The minimum Gasteiger partial charge on any atom is -0.450 e. The molecule has 5 heteroatoms. The molecule has 3 heterocycles. The van der Waals surface area contributed by atoms with Crippen LogP contribution >= 0.6 is 0 Å². The Morgan fingerprint density at radius 3 is 1.85 bits per heavy atom. The molecule has 53 heavy (non-hydrogen) atoms. The third-order valence-corrected chi connectivity index (χ3v) is 10.4. The number of aromatic nitrogens is 3. The molecule has 0 saturated heterocycles. The zero-order valence-corrected chi connectivity index (χ0v) is 29.2. The molecule has 0 radical (unpaired) electrons. The second kappa shape index (κ2) is 12.1. The number of fused-ring (bicyclic) bond motifs is 5. The molecule has 6 aromatic carbocycles. The molecule has 0 N–H and O–H groups in total. The fraction of sp³-hybridized carbons (Fsp3) is 0.0625. The topological polar surface area (TPSA) is 57.1 Å². The molecule has 252 valence electrons. The second-order valence-corrected chi connectivity index (χ2v) is 14.1. The van der Waals surface area contributed by atoms with Gasteiger partial charge in [0.25, 0.3) is 0 Å². The Bertz CT molecular complexity index is 2700. The van der Waals surface area contributed by atoms with Gasteiger partial charge in [-0.15, -0.1) is 0 Å². The molecule has 0 spiro atoms. The lowest BCUT2D eigenvalue weighted by Gasteiger charge is -2.25. The molecule has 5 nitrogen and oxygen atoms in total. The number of ether oxygens (including phenoxy) is 2. The normalized spacial score (nSPS) is 13.2. The van der Waals surface area contributed by atoms with E-state index >= 15 is 0 Å². The first-order chi connectivity index (χ1) is 26.0. The highest BCUT2D eigenvalue weighted by molar-refractivity contribution is 5.84. The van der Waals surface area contributed by atoms with E-state index in [0.29, 0.717) is 17.3 Å². The van der Waals surface area contributed by atoms with Crippen molar-refractivity contribution in [2.45, 2.75) is 19.3 Å². The Kier molecular flexibility index (Phi) is 7.08. The van der Waals surface area contributed by atoms with Crippen LogP contribution < -0.4 is 9.47 Å². The van der Waals surface area contributed by atoms with Crippen LogP contribution in [0.1, 0.15) is 25.0 Å². The summed E-state index contributed by atoms with van der Waals surface area (Å²) >= 11 is 0. The van der Waals surface area contributed by atoms with Gasteiger partial charge in [0.05, 0.1) is 17.1 Å². The van der Waals surface area contributed by atoms with Gasteiger partial charge >= 0.3 is 0 Å². The van der Waals surface area contributed by atoms with Crippen LogP contribution in [-0.4, -0.2) is 15.0 Å². The Balaban J connectivity index is 1.01. The third-order valence-electron chi connectivity index (χ3n) is 10.4. The number of nitrogens with zero attached hydrogens (tertiary/aromatic N) is 3. The lowest BCUT2D eigenvalue weighted by molar-refractivity contribution is 0.359. The Morgan fingerprint density at radius 1 is 0.396 bits per heavy atom. The van der Waals surface area contributed by atoms with Gasteiger partial charge in [0.2, 0.25) is 0 Å².